The molecule has 0 rings (SSSR count). The van der Waals surface area contributed by atoms with Gasteiger partial charge < -0.3 is 24.4 Å². The lowest BCUT2D eigenvalue weighted by molar-refractivity contribution is 0.0487. The molecule has 0 aliphatic rings. The Balaban J connectivity index is 3.97. The molecular formula is C44H78N2O4. The SMILES string of the molecule is CCC=CCC=CCC=CCCCCCCCCOCC(COCCCCCCCCC=CCC=CCC=CCC)NC(=O)OCCN(C)C. The molecule has 0 atom stereocenters. The maximum atomic E-state index is 12.3. The van der Waals surface area contributed by atoms with Crippen molar-refractivity contribution < 1.29 is 19.0 Å². The molecule has 50 heavy (non-hydrogen) atoms. The highest BCUT2D eigenvalue weighted by Gasteiger charge is 2.14. The van der Waals surface area contributed by atoms with E-state index >= 15 is 0 Å². The molecular weight excluding hydrogens is 620 g/mol. The normalized spacial score (nSPS) is 13.1. The van der Waals surface area contributed by atoms with Crippen LogP contribution in [0.4, 0.5) is 4.79 Å². The first-order chi connectivity index (χ1) is 24.6. The smallest absolute Gasteiger partial charge is 0.407 e. The zero-order chi connectivity index (χ0) is 36.4. The molecule has 0 unspecified atom stereocenters. The molecule has 288 valence electrons. The van der Waals surface area contributed by atoms with Gasteiger partial charge in [-0.15, -0.1) is 0 Å². The Morgan fingerprint density at radius 1 is 0.520 bits per heavy atom. The Labute approximate surface area is 309 Å². The summed E-state index contributed by atoms with van der Waals surface area (Å²) in [7, 11) is 3.93. The van der Waals surface area contributed by atoms with E-state index in [1.807, 2.05) is 19.0 Å². The van der Waals surface area contributed by atoms with Crippen LogP contribution < -0.4 is 5.32 Å². The molecule has 0 radical (unpaired) electrons. The van der Waals surface area contributed by atoms with Crippen molar-refractivity contribution in [2.24, 2.45) is 0 Å². The van der Waals surface area contributed by atoms with E-state index < -0.39 is 6.09 Å². The average molecular weight is 699 g/mol. The van der Waals surface area contributed by atoms with Crippen molar-refractivity contribution in [1.82, 2.24) is 10.2 Å². The van der Waals surface area contributed by atoms with Crippen LogP contribution in [0.3, 0.4) is 0 Å². The van der Waals surface area contributed by atoms with Crippen LogP contribution in [0.2, 0.25) is 0 Å². The van der Waals surface area contributed by atoms with Crippen LogP contribution in [-0.4, -0.2) is 70.7 Å². The lowest BCUT2D eigenvalue weighted by Crippen LogP contribution is -2.42. The fourth-order valence-electron chi connectivity index (χ4n) is 5.11. The number of nitrogens with one attached hydrogen (secondary N) is 1. The van der Waals surface area contributed by atoms with E-state index in [1.54, 1.807) is 0 Å². The minimum absolute atomic E-state index is 0.204. The quantitative estimate of drug-likeness (QED) is 0.0521. The second-order valence-corrected chi connectivity index (χ2v) is 13.3. The summed E-state index contributed by atoms with van der Waals surface area (Å²) in [5, 5.41) is 2.95. The van der Waals surface area contributed by atoms with Gasteiger partial charge in [0.25, 0.3) is 0 Å². The maximum Gasteiger partial charge on any atom is 0.407 e. The predicted molar refractivity (Wildman–Crippen MR) is 217 cm³/mol. The minimum Gasteiger partial charge on any atom is -0.448 e. The van der Waals surface area contributed by atoms with Crippen molar-refractivity contribution in [1.29, 1.82) is 0 Å². The molecule has 0 aliphatic heterocycles. The van der Waals surface area contributed by atoms with Gasteiger partial charge in [-0.3, -0.25) is 0 Å². The first-order valence-corrected chi connectivity index (χ1v) is 20.2. The minimum atomic E-state index is -0.402. The number of hydrogen-bond acceptors (Lipinski definition) is 5. The largest absolute Gasteiger partial charge is 0.448 e. The van der Waals surface area contributed by atoms with Crippen molar-refractivity contribution in [2.75, 3.05) is 53.7 Å². The lowest BCUT2D eigenvalue weighted by atomic mass is 10.1. The highest BCUT2D eigenvalue weighted by atomic mass is 16.6. The molecule has 0 aromatic rings. The van der Waals surface area contributed by atoms with Gasteiger partial charge in [0.15, 0.2) is 0 Å². The van der Waals surface area contributed by atoms with Gasteiger partial charge in [0, 0.05) is 19.8 Å². The third-order valence-corrected chi connectivity index (χ3v) is 8.11. The number of allylic oxidation sites excluding steroid dienone is 12. The number of unbranched alkanes of at least 4 members (excludes halogenated alkanes) is 12. The zero-order valence-electron chi connectivity index (χ0n) is 33.0. The number of likely N-dealkylation sites (N-methyl/N-ethyl adjacent to an activating group) is 1. The second kappa shape index (κ2) is 41.0. The van der Waals surface area contributed by atoms with Gasteiger partial charge in [0.2, 0.25) is 0 Å². The summed E-state index contributed by atoms with van der Waals surface area (Å²) in [5.41, 5.74) is 0. The van der Waals surface area contributed by atoms with Gasteiger partial charge in [-0.1, -0.05) is 138 Å². The second-order valence-electron chi connectivity index (χ2n) is 13.3. The van der Waals surface area contributed by atoms with E-state index in [0.717, 1.165) is 51.4 Å². The standard InChI is InChI=1S/C44H78N2O4/c1-5-7-9-11-13-15-17-19-21-23-25-27-29-31-33-35-38-48-41-43(45-44(47)50-40-37-46(3)4)42-49-39-36-34-32-30-28-26-24-22-20-18-16-14-12-10-8-6-2/h7-10,13-16,19-22,43H,5-6,11-12,17-18,23-42H2,1-4H3,(H,45,47). The summed E-state index contributed by atoms with van der Waals surface area (Å²) in [6.07, 6.45) is 50.0. The molecule has 0 heterocycles. The van der Waals surface area contributed by atoms with Gasteiger partial charge in [-0.25, -0.2) is 4.79 Å². The number of rotatable bonds is 36. The van der Waals surface area contributed by atoms with Crippen LogP contribution in [0.15, 0.2) is 72.9 Å². The van der Waals surface area contributed by atoms with E-state index in [4.69, 9.17) is 14.2 Å². The van der Waals surface area contributed by atoms with Crippen LogP contribution in [0, 0.1) is 0 Å². The Bertz CT molecular complexity index is 832. The number of alkyl carbamates (subject to hydrolysis) is 1. The molecule has 0 fully saturated rings. The Hall–Kier alpha value is -2.41. The van der Waals surface area contributed by atoms with Crippen LogP contribution in [0.1, 0.15) is 142 Å². The number of nitrogens with zero attached hydrogens (tertiary/aromatic N) is 1. The van der Waals surface area contributed by atoms with Crippen LogP contribution in [0.25, 0.3) is 0 Å². The Morgan fingerprint density at radius 3 is 1.32 bits per heavy atom. The van der Waals surface area contributed by atoms with Crippen molar-refractivity contribution in [2.45, 2.75) is 148 Å². The molecule has 0 aliphatic carbocycles. The summed E-state index contributed by atoms with van der Waals surface area (Å²) in [5.74, 6) is 0. The van der Waals surface area contributed by atoms with Gasteiger partial charge in [0.05, 0.1) is 19.3 Å². The van der Waals surface area contributed by atoms with E-state index in [2.05, 4.69) is 92.1 Å². The Kier molecular flexibility index (Phi) is 39.0. The van der Waals surface area contributed by atoms with E-state index in [9.17, 15) is 4.79 Å². The maximum absolute atomic E-state index is 12.3. The number of carbonyl (C=O) groups excluding carboxylic acids is 1. The van der Waals surface area contributed by atoms with Crippen molar-refractivity contribution in [3.8, 4) is 0 Å². The molecule has 0 aromatic heterocycles. The third-order valence-electron chi connectivity index (χ3n) is 8.11. The number of ether oxygens (including phenoxy) is 3. The van der Waals surface area contributed by atoms with Crippen molar-refractivity contribution in [3.05, 3.63) is 72.9 Å². The predicted octanol–water partition coefficient (Wildman–Crippen LogP) is 11.9. The van der Waals surface area contributed by atoms with Gasteiger partial charge in [0.1, 0.15) is 6.61 Å². The molecule has 1 amide bonds. The monoisotopic (exact) mass is 699 g/mol. The third kappa shape index (κ3) is 40.0. The molecule has 6 nitrogen and oxygen atoms in total. The summed E-state index contributed by atoms with van der Waals surface area (Å²) < 4.78 is 17.3. The fraction of sp³-hybridized carbons (Fsp3) is 0.705. The molecule has 0 spiro atoms. The summed E-state index contributed by atoms with van der Waals surface area (Å²) >= 11 is 0. The lowest BCUT2D eigenvalue weighted by Gasteiger charge is -2.19. The average Bonchev–Trinajstić information content (AvgIpc) is 3.10. The van der Waals surface area contributed by atoms with Crippen LogP contribution >= 0.6 is 0 Å². The molecule has 1 N–H and O–H groups in total. The number of carbonyl (C=O) groups is 1. The summed E-state index contributed by atoms with van der Waals surface area (Å²) in [6, 6.07) is -0.204. The fourth-order valence-corrected chi connectivity index (χ4v) is 5.11. The van der Waals surface area contributed by atoms with Crippen molar-refractivity contribution in [3.63, 3.8) is 0 Å². The van der Waals surface area contributed by atoms with E-state index in [-0.39, 0.29) is 6.04 Å². The molecule has 0 saturated heterocycles. The van der Waals surface area contributed by atoms with Gasteiger partial charge in [-0.2, -0.15) is 0 Å². The van der Waals surface area contributed by atoms with Gasteiger partial charge >= 0.3 is 6.09 Å². The van der Waals surface area contributed by atoms with Gasteiger partial charge in [-0.05, 0) is 91.1 Å². The van der Waals surface area contributed by atoms with Crippen molar-refractivity contribution >= 4 is 6.09 Å². The number of amides is 1. The van der Waals surface area contributed by atoms with Crippen LogP contribution in [0.5, 0.6) is 0 Å². The molecule has 0 saturated carbocycles. The first-order valence-electron chi connectivity index (χ1n) is 20.2. The topological polar surface area (TPSA) is 60.0 Å². The first kappa shape index (κ1) is 47.6. The highest BCUT2D eigenvalue weighted by Crippen LogP contribution is 2.10. The van der Waals surface area contributed by atoms with E-state index in [0.29, 0.717) is 39.6 Å². The Morgan fingerprint density at radius 2 is 0.900 bits per heavy atom. The number of hydrogen-bond donors (Lipinski definition) is 1. The van der Waals surface area contributed by atoms with Crippen LogP contribution in [-0.2, 0) is 14.2 Å². The zero-order valence-corrected chi connectivity index (χ0v) is 33.0. The highest BCUT2D eigenvalue weighted by molar-refractivity contribution is 5.67. The summed E-state index contributed by atoms with van der Waals surface area (Å²) in [4.78, 5) is 14.3. The molecule has 0 aromatic carbocycles. The summed E-state index contributed by atoms with van der Waals surface area (Å²) in [6.45, 7) is 7.71. The molecule has 6 heteroatoms. The van der Waals surface area contributed by atoms with E-state index in [1.165, 1.54) is 77.0 Å². The molecule has 0 bridgehead atoms.